The molecule has 32 heavy (non-hydrogen) atoms. The van der Waals surface area contributed by atoms with E-state index in [4.69, 9.17) is 9.52 Å². The average Bonchev–Trinajstić information content (AvgIpc) is 3.33. The van der Waals surface area contributed by atoms with Gasteiger partial charge in [0.25, 0.3) is 0 Å². The maximum Gasteiger partial charge on any atom is 0.306 e. The zero-order valence-corrected chi connectivity index (χ0v) is 19.6. The fraction of sp³-hybridized carbons (Fsp3) is 0.167. The summed E-state index contributed by atoms with van der Waals surface area (Å²) in [5.41, 5.74) is 7.01. The lowest BCUT2D eigenvalue weighted by Gasteiger charge is -2.13. The summed E-state index contributed by atoms with van der Waals surface area (Å²) in [6.45, 7) is 1.87. The lowest BCUT2D eigenvalue weighted by molar-refractivity contribution is -0.137. The van der Waals surface area contributed by atoms with Gasteiger partial charge < -0.3 is 9.63 Å². The number of nitrogens with zero attached hydrogens (tertiary/aromatic N) is 4. The molecule has 0 saturated heterocycles. The van der Waals surface area contributed by atoms with E-state index in [1.807, 2.05) is 62.8 Å². The maximum absolute atomic E-state index is 11.7. The number of carbonyl (C=O) groups is 1. The van der Waals surface area contributed by atoms with Gasteiger partial charge in [0.05, 0.1) is 29.6 Å². The second kappa shape index (κ2) is 8.01. The average molecular weight is 538 g/mol. The largest absolute Gasteiger partial charge is 0.481 e. The summed E-state index contributed by atoms with van der Waals surface area (Å²) < 4.78 is 8.50. The van der Waals surface area contributed by atoms with Crippen LogP contribution in [0.2, 0.25) is 0 Å². The summed E-state index contributed by atoms with van der Waals surface area (Å²) in [6, 6.07) is 13.5. The number of hydrogen-bond donors (Lipinski definition) is 1. The van der Waals surface area contributed by atoms with Crippen molar-refractivity contribution >= 4 is 34.3 Å². The monoisotopic (exact) mass is 538 g/mol. The van der Waals surface area contributed by atoms with Crippen LogP contribution < -0.4 is 0 Å². The van der Waals surface area contributed by atoms with Crippen LogP contribution in [0.5, 0.6) is 0 Å². The molecule has 0 bridgehead atoms. The molecule has 2 aromatic carbocycles. The maximum atomic E-state index is 11.7. The number of fused-ring (bicyclic) bond motifs is 3. The molecule has 3 heterocycles. The number of benzene rings is 2. The van der Waals surface area contributed by atoms with Crippen molar-refractivity contribution < 1.29 is 14.4 Å². The number of aliphatic carboxylic acids is 1. The van der Waals surface area contributed by atoms with Crippen LogP contribution in [0.1, 0.15) is 35.0 Å². The molecule has 1 aliphatic rings. The van der Waals surface area contributed by atoms with E-state index < -0.39 is 12.0 Å². The summed E-state index contributed by atoms with van der Waals surface area (Å²) in [5, 5.41) is 18.0. The predicted octanol–water partition coefficient (Wildman–Crippen LogP) is 5.02. The van der Waals surface area contributed by atoms with Crippen LogP contribution in [0.3, 0.4) is 0 Å². The van der Waals surface area contributed by atoms with Crippen molar-refractivity contribution in [3.05, 3.63) is 81.0 Å². The molecule has 1 N–H and O–H groups in total. The highest BCUT2D eigenvalue weighted by Gasteiger charge is 2.31. The number of carboxylic acid groups (broad SMARTS) is 1. The van der Waals surface area contributed by atoms with E-state index in [0.717, 1.165) is 42.7 Å². The first kappa shape index (κ1) is 20.6. The predicted molar refractivity (Wildman–Crippen MR) is 129 cm³/mol. The van der Waals surface area contributed by atoms with Crippen molar-refractivity contribution in [3.8, 4) is 22.3 Å². The highest BCUT2D eigenvalue weighted by atomic mass is 127. The molecule has 0 fully saturated rings. The normalized spacial score (nSPS) is 15.0. The third-order valence-corrected chi connectivity index (χ3v) is 6.26. The van der Waals surface area contributed by atoms with Gasteiger partial charge in [-0.3, -0.25) is 14.5 Å². The minimum Gasteiger partial charge on any atom is -0.481 e. The van der Waals surface area contributed by atoms with Crippen LogP contribution in [0.25, 0.3) is 22.3 Å². The number of carboxylic acids is 1. The molecule has 7 nitrogen and oxygen atoms in total. The Balaban J connectivity index is 1.79. The molecule has 160 valence electrons. The van der Waals surface area contributed by atoms with E-state index in [-0.39, 0.29) is 6.42 Å². The molecule has 0 amide bonds. The molecule has 8 heteroatoms. The number of hydrogen-bond acceptors (Lipinski definition) is 5. The minimum atomic E-state index is -0.942. The summed E-state index contributed by atoms with van der Waals surface area (Å²) in [6.07, 6.45) is 3.60. The second-order valence-electron chi connectivity index (χ2n) is 7.77. The molecule has 1 atom stereocenters. The molecule has 1 unspecified atom stereocenters. The van der Waals surface area contributed by atoms with Gasteiger partial charge in [-0.1, -0.05) is 29.4 Å². The Morgan fingerprint density at radius 3 is 2.56 bits per heavy atom. The smallest absolute Gasteiger partial charge is 0.306 e. The summed E-state index contributed by atoms with van der Waals surface area (Å²) in [5.74, 6) is -0.455. The molecule has 0 spiro atoms. The Morgan fingerprint density at radius 1 is 1.12 bits per heavy atom. The molecular formula is C24H19IN4O3. The third-order valence-electron chi connectivity index (χ3n) is 5.54. The van der Waals surface area contributed by atoms with Gasteiger partial charge in [0.1, 0.15) is 6.04 Å². The molecule has 0 radical (unpaired) electrons. The van der Waals surface area contributed by atoms with Gasteiger partial charge >= 0.3 is 5.97 Å². The Hall–Kier alpha value is -3.27. The van der Waals surface area contributed by atoms with Crippen LogP contribution in [0, 0.1) is 10.5 Å². The fourth-order valence-electron chi connectivity index (χ4n) is 4.08. The molecule has 2 aromatic heterocycles. The molecule has 4 aromatic rings. The van der Waals surface area contributed by atoms with E-state index in [1.165, 1.54) is 0 Å². The number of rotatable bonds is 4. The Morgan fingerprint density at radius 2 is 1.88 bits per heavy atom. The number of aromatic nitrogens is 3. The van der Waals surface area contributed by atoms with Crippen LogP contribution in [-0.4, -0.2) is 31.7 Å². The topological polar surface area (TPSA) is 93.5 Å². The van der Waals surface area contributed by atoms with Gasteiger partial charge in [-0.05, 0) is 58.8 Å². The van der Waals surface area contributed by atoms with E-state index in [1.54, 1.807) is 4.68 Å². The molecule has 0 aliphatic carbocycles. The minimum absolute atomic E-state index is 0.182. The Labute approximate surface area is 197 Å². The number of halogens is 1. The number of aliphatic imine (C=N–C) groups is 1. The van der Waals surface area contributed by atoms with Gasteiger partial charge in [-0.15, -0.1) is 0 Å². The van der Waals surface area contributed by atoms with E-state index in [0.29, 0.717) is 11.5 Å². The zero-order chi connectivity index (χ0) is 22.4. The van der Waals surface area contributed by atoms with Crippen molar-refractivity contribution in [3.63, 3.8) is 0 Å². The highest BCUT2D eigenvalue weighted by Crippen LogP contribution is 2.42. The van der Waals surface area contributed by atoms with Gasteiger partial charge in [0.15, 0.2) is 5.76 Å². The van der Waals surface area contributed by atoms with Gasteiger partial charge in [-0.25, -0.2) is 0 Å². The molecule has 0 saturated carbocycles. The molecule has 5 rings (SSSR count). The lowest BCUT2D eigenvalue weighted by Crippen LogP contribution is -2.09. The van der Waals surface area contributed by atoms with Crippen molar-refractivity contribution in [2.24, 2.45) is 12.0 Å². The Kier molecular flexibility index (Phi) is 5.16. The Bertz CT molecular complexity index is 1370. The SMILES string of the molecule is Cc1noc2c1-c1ccc(-c3cnn(C)c3)cc1C(c1ccc(I)cc1)=NC2CC(=O)O. The van der Waals surface area contributed by atoms with Crippen molar-refractivity contribution in [2.45, 2.75) is 19.4 Å². The second-order valence-corrected chi connectivity index (χ2v) is 9.01. The van der Waals surface area contributed by atoms with Crippen LogP contribution >= 0.6 is 22.6 Å². The standard InChI is InChI=1S/C24H19IN4O3/c1-13-22-18-8-5-15(16-11-26-29(2)12-16)9-19(18)23(14-3-6-17(25)7-4-14)27-20(10-21(30)31)24(22)32-28-13/h3-9,11-12,20H,10H2,1-2H3,(H,30,31). The third kappa shape index (κ3) is 3.64. The summed E-state index contributed by atoms with van der Waals surface area (Å²) in [4.78, 5) is 16.6. The molecular weight excluding hydrogens is 519 g/mol. The first-order valence-electron chi connectivity index (χ1n) is 10.1. The quantitative estimate of drug-likeness (QED) is 0.369. The van der Waals surface area contributed by atoms with Crippen molar-refractivity contribution in [2.75, 3.05) is 0 Å². The van der Waals surface area contributed by atoms with Crippen LogP contribution in [0.15, 0.2) is 64.4 Å². The van der Waals surface area contributed by atoms with E-state index in [2.05, 4.69) is 38.9 Å². The highest BCUT2D eigenvalue weighted by molar-refractivity contribution is 14.1. The van der Waals surface area contributed by atoms with Crippen LogP contribution in [-0.2, 0) is 11.8 Å². The number of aryl methyl sites for hydroxylation is 2. The van der Waals surface area contributed by atoms with Crippen molar-refractivity contribution in [1.29, 1.82) is 0 Å². The van der Waals surface area contributed by atoms with Crippen molar-refractivity contribution in [1.82, 2.24) is 14.9 Å². The van der Waals surface area contributed by atoms with Gasteiger partial charge in [0, 0.05) is 33.5 Å². The summed E-state index contributed by atoms with van der Waals surface area (Å²) in [7, 11) is 1.88. The molecule has 1 aliphatic heterocycles. The van der Waals surface area contributed by atoms with E-state index in [9.17, 15) is 9.90 Å². The van der Waals surface area contributed by atoms with E-state index >= 15 is 0 Å². The first-order chi connectivity index (χ1) is 15.4. The van der Waals surface area contributed by atoms with Crippen LogP contribution in [0.4, 0.5) is 0 Å². The van der Waals surface area contributed by atoms with Gasteiger partial charge in [0.2, 0.25) is 0 Å². The first-order valence-corrected chi connectivity index (χ1v) is 11.1. The zero-order valence-electron chi connectivity index (χ0n) is 17.4. The lowest BCUT2D eigenvalue weighted by atomic mass is 9.90. The van der Waals surface area contributed by atoms with Gasteiger partial charge in [-0.2, -0.15) is 5.10 Å². The fourth-order valence-corrected chi connectivity index (χ4v) is 4.44. The summed E-state index contributed by atoms with van der Waals surface area (Å²) >= 11 is 2.26.